The summed E-state index contributed by atoms with van der Waals surface area (Å²) in [5, 5.41) is 8.66. The van der Waals surface area contributed by atoms with Crippen LogP contribution in [0.25, 0.3) is 0 Å². The van der Waals surface area contributed by atoms with E-state index in [1.54, 1.807) is 0 Å². The summed E-state index contributed by atoms with van der Waals surface area (Å²) >= 11 is 0. The van der Waals surface area contributed by atoms with Gasteiger partial charge in [0.25, 0.3) is 0 Å². The largest absolute Gasteiger partial charge is 0.513 e. The predicted molar refractivity (Wildman–Crippen MR) is 39.2 cm³/mol. The second kappa shape index (κ2) is 4.39. The van der Waals surface area contributed by atoms with Gasteiger partial charge in [0, 0.05) is 6.42 Å². The Morgan fingerprint density at radius 3 is 2.67 bits per heavy atom. The molecule has 0 heterocycles. The van der Waals surface area contributed by atoms with E-state index in [9.17, 15) is 0 Å². The Labute approximate surface area is 56.4 Å². The Morgan fingerprint density at radius 2 is 2.33 bits per heavy atom. The molecular formula is C7H15NO. The van der Waals surface area contributed by atoms with Gasteiger partial charge in [-0.2, -0.15) is 0 Å². The fourth-order valence-electron chi connectivity index (χ4n) is 0.531. The lowest BCUT2D eigenvalue weighted by molar-refractivity contribution is 0.371. The van der Waals surface area contributed by atoms with Crippen LogP contribution in [0.15, 0.2) is 12.3 Å². The third-order valence-corrected chi connectivity index (χ3v) is 1.33. The Bertz CT molecular complexity index is 90.9. The number of hydrogen-bond acceptors (Lipinski definition) is 2. The van der Waals surface area contributed by atoms with Crippen LogP contribution in [0.1, 0.15) is 19.8 Å². The van der Waals surface area contributed by atoms with E-state index in [1.807, 2.05) is 0 Å². The van der Waals surface area contributed by atoms with E-state index < -0.39 is 0 Å². The van der Waals surface area contributed by atoms with Crippen molar-refractivity contribution in [2.75, 3.05) is 6.54 Å². The Balaban J connectivity index is 3.16. The van der Waals surface area contributed by atoms with Crippen molar-refractivity contribution in [2.45, 2.75) is 19.8 Å². The maximum atomic E-state index is 8.66. The van der Waals surface area contributed by atoms with E-state index in [1.165, 1.54) is 0 Å². The molecule has 0 saturated heterocycles. The zero-order valence-electron chi connectivity index (χ0n) is 5.93. The van der Waals surface area contributed by atoms with Gasteiger partial charge in [0.2, 0.25) is 0 Å². The van der Waals surface area contributed by atoms with E-state index in [0.29, 0.717) is 18.9 Å². The molecule has 0 rings (SSSR count). The molecule has 0 fully saturated rings. The predicted octanol–water partition coefficient (Wildman–Crippen LogP) is 1.43. The molecule has 1 unspecified atom stereocenters. The molecule has 0 bridgehead atoms. The van der Waals surface area contributed by atoms with Gasteiger partial charge in [0.1, 0.15) is 0 Å². The van der Waals surface area contributed by atoms with E-state index in [-0.39, 0.29) is 5.76 Å². The number of nitrogens with two attached hydrogens (primary N) is 1. The zero-order chi connectivity index (χ0) is 7.28. The molecule has 1 atom stereocenters. The fourth-order valence-corrected chi connectivity index (χ4v) is 0.531. The molecule has 9 heavy (non-hydrogen) atoms. The van der Waals surface area contributed by atoms with Crippen LogP contribution in [0.4, 0.5) is 0 Å². The fraction of sp³-hybridized carbons (Fsp3) is 0.714. The molecule has 0 aliphatic rings. The van der Waals surface area contributed by atoms with E-state index in [2.05, 4.69) is 13.5 Å². The number of aliphatic hydroxyl groups excluding tert-OH is 1. The highest BCUT2D eigenvalue weighted by atomic mass is 16.3. The van der Waals surface area contributed by atoms with Crippen LogP contribution < -0.4 is 5.73 Å². The number of allylic oxidation sites excluding steroid dienone is 1. The zero-order valence-corrected chi connectivity index (χ0v) is 5.93. The molecule has 0 radical (unpaired) electrons. The lowest BCUT2D eigenvalue weighted by Crippen LogP contribution is -2.10. The van der Waals surface area contributed by atoms with Gasteiger partial charge >= 0.3 is 0 Å². The standard InChI is InChI=1S/C7H15NO/c1-6(5-8)3-4-7(2)9/h6,9H,2-5,8H2,1H3. The van der Waals surface area contributed by atoms with Crippen LogP contribution in [-0.4, -0.2) is 11.7 Å². The van der Waals surface area contributed by atoms with Crippen LogP contribution >= 0.6 is 0 Å². The molecule has 0 aromatic heterocycles. The van der Waals surface area contributed by atoms with Gasteiger partial charge in [-0.05, 0) is 18.9 Å². The van der Waals surface area contributed by atoms with Crippen LogP contribution in [0.2, 0.25) is 0 Å². The van der Waals surface area contributed by atoms with Crippen LogP contribution in [0, 0.1) is 5.92 Å². The first kappa shape index (κ1) is 8.50. The monoisotopic (exact) mass is 129 g/mol. The molecule has 3 N–H and O–H groups in total. The van der Waals surface area contributed by atoms with Gasteiger partial charge in [-0.3, -0.25) is 0 Å². The van der Waals surface area contributed by atoms with Gasteiger partial charge in [0.15, 0.2) is 0 Å². The normalized spacial score (nSPS) is 13.1. The summed E-state index contributed by atoms with van der Waals surface area (Å²) in [5.41, 5.74) is 5.35. The average Bonchev–Trinajstić information content (AvgIpc) is 1.83. The maximum absolute atomic E-state index is 8.66. The summed E-state index contributed by atoms with van der Waals surface area (Å²) in [7, 11) is 0. The third kappa shape index (κ3) is 5.37. The molecule has 0 saturated carbocycles. The topological polar surface area (TPSA) is 46.2 Å². The van der Waals surface area contributed by atoms with Crippen molar-refractivity contribution in [1.29, 1.82) is 0 Å². The summed E-state index contributed by atoms with van der Waals surface area (Å²) in [5.74, 6) is 0.754. The van der Waals surface area contributed by atoms with Crippen LogP contribution in [0.3, 0.4) is 0 Å². The smallest absolute Gasteiger partial charge is 0.0851 e. The van der Waals surface area contributed by atoms with E-state index >= 15 is 0 Å². The van der Waals surface area contributed by atoms with Gasteiger partial charge in [-0.1, -0.05) is 13.5 Å². The van der Waals surface area contributed by atoms with Gasteiger partial charge < -0.3 is 10.8 Å². The van der Waals surface area contributed by atoms with Crippen molar-refractivity contribution in [3.63, 3.8) is 0 Å². The van der Waals surface area contributed by atoms with E-state index in [0.717, 1.165) is 6.42 Å². The van der Waals surface area contributed by atoms with Crippen molar-refractivity contribution in [2.24, 2.45) is 11.7 Å². The minimum absolute atomic E-state index is 0.260. The minimum Gasteiger partial charge on any atom is -0.513 e. The second-order valence-corrected chi connectivity index (χ2v) is 2.45. The van der Waals surface area contributed by atoms with Crippen molar-refractivity contribution in [3.05, 3.63) is 12.3 Å². The Morgan fingerprint density at radius 1 is 1.78 bits per heavy atom. The summed E-state index contributed by atoms with van der Waals surface area (Å²) in [6.07, 6.45) is 1.62. The van der Waals surface area contributed by atoms with Crippen molar-refractivity contribution < 1.29 is 5.11 Å². The summed E-state index contributed by atoms with van der Waals surface area (Å²) in [6.45, 7) is 6.12. The molecule has 0 spiro atoms. The summed E-state index contributed by atoms with van der Waals surface area (Å²) in [6, 6.07) is 0. The Kier molecular flexibility index (Phi) is 4.14. The number of hydrogen-bond donors (Lipinski definition) is 2. The highest BCUT2D eigenvalue weighted by Crippen LogP contribution is 2.06. The average molecular weight is 129 g/mol. The molecule has 0 aromatic carbocycles. The van der Waals surface area contributed by atoms with Crippen LogP contribution in [0.5, 0.6) is 0 Å². The second-order valence-electron chi connectivity index (χ2n) is 2.45. The minimum atomic E-state index is 0.260. The highest BCUT2D eigenvalue weighted by Gasteiger charge is 1.98. The molecule has 54 valence electrons. The summed E-state index contributed by atoms with van der Waals surface area (Å²) < 4.78 is 0. The maximum Gasteiger partial charge on any atom is 0.0851 e. The Hall–Kier alpha value is -0.500. The van der Waals surface area contributed by atoms with Gasteiger partial charge in [0.05, 0.1) is 5.76 Å². The molecule has 0 amide bonds. The molecule has 0 aliphatic heterocycles. The van der Waals surface area contributed by atoms with Gasteiger partial charge in [-0.15, -0.1) is 0 Å². The summed E-state index contributed by atoms with van der Waals surface area (Å²) in [4.78, 5) is 0. The van der Waals surface area contributed by atoms with E-state index in [4.69, 9.17) is 10.8 Å². The SMILES string of the molecule is C=C(O)CCC(C)CN. The quantitative estimate of drug-likeness (QED) is 0.564. The first-order chi connectivity index (χ1) is 4.16. The molecule has 0 aromatic rings. The lowest BCUT2D eigenvalue weighted by Gasteiger charge is -2.05. The van der Waals surface area contributed by atoms with Crippen molar-refractivity contribution >= 4 is 0 Å². The van der Waals surface area contributed by atoms with Crippen molar-refractivity contribution in [3.8, 4) is 0 Å². The number of rotatable bonds is 4. The third-order valence-electron chi connectivity index (χ3n) is 1.33. The molecular weight excluding hydrogens is 114 g/mol. The molecule has 2 nitrogen and oxygen atoms in total. The van der Waals surface area contributed by atoms with Crippen molar-refractivity contribution in [1.82, 2.24) is 0 Å². The molecule has 2 heteroatoms. The lowest BCUT2D eigenvalue weighted by atomic mass is 10.1. The van der Waals surface area contributed by atoms with Gasteiger partial charge in [-0.25, -0.2) is 0 Å². The molecule has 0 aliphatic carbocycles. The first-order valence-electron chi connectivity index (χ1n) is 3.23. The first-order valence-corrected chi connectivity index (χ1v) is 3.23. The number of aliphatic hydroxyl groups is 1. The van der Waals surface area contributed by atoms with Crippen LogP contribution in [-0.2, 0) is 0 Å². The highest BCUT2D eigenvalue weighted by molar-refractivity contribution is 4.78.